The first-order valence-electron chi connectivity index (χ1n) is 4.80. The van der Waals surface area contributed by atoms with Crippen LogP contribution in [0.4, 0.5) is 11.4 Å². The number of aryl methyl sites for hydroxylation is 1. The van der Waals surface area contributed by atoms with Gasteiger partial charge in [-0.3, -0.25) is 25.2 Å². The predicted octanol–water partition coefficient (Wildman–Crippen LogP) is 1.92. The van der Waals surface area contributed by atoms with E-state index >= 15 is 0 Å². The van der Waals surface area contributed by atoms with E-state index in [-0.39, 0.29) is 28.2 Å². The van der Waals surface area contributed by atoms with Gasteiger partial charge in [-0.1, -0.05) is 17.8 Å². The van der Waals surface area contributed by atoms with Crippen molar-refractivity contribution in [1.82, 2.24) is 0 Å². The second-order valence-electron chi connectivity index (χ2n) is 3.57. The van der Waals surface area contributed by atoms with E-state index in [0.717, 1.165) is 22.2 Å². The zero-order valence-electron chi connectivity index (χ0n) is 8.97. The number of rotatable bonds is 2. The molecule has 1 heterocycles. The SMILES string of the molecule is Cc1ccc([N+](=O)[O-])c(N2C(=N)SCC2=O)c1. The number of nitro groups is 1. The van der Waals surface area contributed by atoms with Crippen LogP contribution in [0.15, 0.2) is 18.2 Å². The Bertz CT molecular complexity index is 514. The normalized spacial score (nSPS) is 15.5. The minimum Gasteiger partial charge on any atom is -0.278 e. The number of nitrogens with one attached hydrogen (secondary N) is 1. The quantitative estimate of drug-likeness (QED) is 0.642. The third-order valence-corrected chi connectivity index (χ3v) is 3.20. The second kappa shape index (κ2) is 4.17. The molecular formula is C10H9N3O3S. The molecule has 0 saturated carbocycles. The van der Waals surface area contributed by atoms with Crippen LogP contribution in [0, 0.1) is 22.4 Å². The van der Waals surface area contributed by atoms with Gasteiger partial charge >= 0.3 is 0 Å². The van der Waals surface area contributed by atoms with E-state index < -0.39 is 4.92 Å². The van der Waals surface area contributed by atoms with Crippen molar-refractivity contribution in [1.29, 1.82) is 5.41 Å². The van der Waals surface area contributed by atoms with Gasteiger partial charge in [0, 0.05) is 6.07 Å². The molecule has 0 unspecified atom stereocenters. The molecule has 1 saturated heterocycles. The van der Waals surface area contributed by atoms with Crippen LogP contribution in [0.3, 0.4) is 0 Å². The topological polar surface area (TPSA) is 87.3 Å². The van der Waals surface area contributed by atoms with Crippen LogP contribution in [-0.4, -0.2) is 21.8 Å². The van der Waals surface area contributed by atoms with Crippen LogP contribution in [0.25, 0.3) is 0 Å². The van der Waals surface area contributed by atoms with E-state index in [0.29, 0.717) is 0 Å². The lowest BCUT2D eigenvalue weighted by molar-refractivity contribution is -0.384. The molecule has 1 amide bonds. The number of benzene rings is 1. The molecule has 7 heteroatoms. The fourth-order valence-corrected chi connectivity index (χ4v) is 2.30. The lowest BCUT2D eigenvalue weighted by Gasteiger charge is -2.15. The van der Waals surface area contributed by atoms with Crippen LogP contribution in [0.5, 0.6) is 0 Å². The number of amides is 1. The Balaban J connectivity index is 2.57. The van der Waals surface area contributed by atoms with E-state index in [1.807, 2.05) is 0 Å². The molecule has 6 nitrogen and oxygen atoms in total. The number of carbonyl (C=O) groups excluding carboxylic acids is 1. The molecule has 1 fully saturated rings. The highest BCUT2D eigenvalue weighted by Crippen LogP contribution is 2.34. The summed E-state index contributed by atoms with van der Waals surface area (Å²) in [7, 11) is 0. The van der Waals surface area contributed by atoms with Crippen molar-refractivity contribution in [2.24, 2.45) is 0 Å². The molecule has 1 aliphatic heterocycles. The van der Waals surface area contributed by atoms with Gasteiger partial charge < -0.3 is 0 Å². The fourth-order valence-electron chi connectivity index (χ4n) is 1.58. The molecule has 1 aliphatic rings. The molecule has 0 spiro atoms. The third-order valence-electron chi connectivity index (χ3n) is 2.35. The Morgan fingerprint density at radius 2 is 2.24 bits per heavy atom. The van der Waals surface area contributed by atoms with Crippen molar-refractivity contribution in [3.05, 3.63) is 33.9 Å². The lowest BCUT2D eigenvalue weighted by Crippen LogP contribution is -2.29. The highest BCUT2D eigenvalue weighted by atomic mass is 32.2. The second-order valence-corrected chi connectivity index (χ2v) is 4.54. The highest BCUT2D eigenvalue weighted by molar-refractivity contribution is 8.15. The Kier molecular flexibility index (Phi) is 2.84. The molecule has 17 heavy (non-hydrogen) atoms. The smallest absolute Gasteiger partial charge is 0.278 e. The summed E-state index contributed by atoms with van der Waals surface area (Å²) >= 11 is 1.07. The molecule has 0 atom stereocenters. The van der Waals surface area contributed by atoms with E-state index in [2.05, 4.69) is 0 Å². The number of hydrogen-bond acceptors (Lipinski definition) is 5. The van der Waals surface area contributed by atoms with Gasteiger partial charge in [-0.05, 0) is 18.6 Å². The summed E-state index contributed by atoms with van der Waals surface area (Å²) in [6.45, 7) is 1.78. The number of carbonyl (C=O) groups is 1. The van der Waals surface area contributed by atoms with Gasteiger partial charge in [0.1, 0.15) is 5.69 Å². The summed E-state index contributed by atoms with van der Waals surface area (Å²) in [5.74, 6) is -0.141. The molecule has 0 aliphatic carbocycles. The molecule has 1 N–H and O–H groups in total. The number of thioether (sulfide) groups is 1. The Labute approximate surface area is 101 Å². The summed E-state index contributed by atoms with van der Waals surface area (Å²) < 4.78 is 0. The first-order valence-corrected chi connectivity index (χ1v) is 5.78. The summed E-state index contributed by atoms with van der Waals surface area (Å²) in [5.41, 5.74) is 0.828. The highest BCUT2D eigenvalue weighted by Gasteiger charge is 2.33. The summed E-state index contributed by atoms with van der Waals surface area (Å²) in [5, 5.41) is 18.6. The molecule has 0 aromatic heterocycles. The Hall–Kier alpha value is -1.89. The fraction of sp³-hybridized carbons (Fsp3) is 0.200. The van der Waals surface area contributed by atoms with Crippen molar-refractivity contribution >= 4 is 34.2 Å². The van der Waals surface area contributed by atoms with Crippen molar-refractivity contribution in [2.75, 3.05) is 10.7 Å². The maximum Gasteiger partial charge on any atom is 0.293 e. The van der Waals surface area contributed by atoms with Crippen LogP contribution in [0.1, 0.15) is 5.56 Å². The van der Waals surface area contributed by atoms with E-state index in [1.54, 1.807) is 19.1 Å². The van der Waals surface area contributed by atoms with E-state index in [4.69, 9.17) is 5.41 Å². The van der Waals surface area contributed by atoms with Crippen molar-refractivity contribution in [3.8, 4) is 0 Å². The van der Waals surface area contributed by atoms with Crippen LogP contribution in [-0.2, 0) is 4.79 Å². The minimum absolute atomic E-state index is 0.0312. The van der Waals surface area contributed by atoms with Gasteiger partial charge in [0.15, 0.2) is 5.17 Å². The maximum absolute atomic E-state index is 11.6. The monoisotopic (exact) mass is 251 g/mol. The van der Waals surface area contributed by atoms with Crippen molar-refractivity contribution < 1.29 is 9.72 Å². The zero-order valence-corrected chi connectivity index (χ0v) is 9.78. The van der Waals surface area contributed by atoms with Crippen LogP contribution >= 0.6 is 11.8 Å². The Morgan fingerprint density at radius 1 is 1.53 bits per heavy atom. The Morgan fingerprint density at radius 3 is 2.76 bits per heavy atom. The standard InChI is InChI=1S/C10H9N3O3S/c1-6-2-3-7(13(15)16)8(4-6)12-9(14)5-17-10(12)11/h2-4,11H,5H2,1H3. The first kappa shape index (κ1) is 11.6. The maximum atomic E-state index is 11.6. The predicted molar refractivity (Wildman–Crippen MR) is 65.5 cm³/mol. The molecular weight excluding hydrogens is 242 g/mol. The van der Waals surface area contributed by atoms with Crippen molar-refractivity contribution in [2.45, 2.75) is 6.92 Å². The number of amidine groups is 1. The van der Waals surface area contributed by atoms with Crippen molar-refractivity contribution in [3.63, 3.8) is 0 Å². The van der Waals surface area contributed by atoms with Gasteiger partial charge in [-0.15, -0.1) is 0 Å². The van der Waals surface area contributed by atoms with Gasteiger partial charge in [0.2, 0.25) is 5.91 Å². The molecule has 1 aromatic carbocycles. The van der Waals surface area contributed by atoms with E-state index in [1.165, 1.54) is 6.07 Å². The van der Waals surface area contributed by atoms with Crippen LogP contribution in [0.2, 0.25) is 0 Å². The first-order chi connectivity index (χ1) is 8.00. The largest absolute Gasteiger partial charge is 0.293 e. The molecule has 1 aromatic rings. The number of anilines is 1. The van der Waals surface area contributed by atoms with Gasteiger partial charge in [0.25, 0.3) is 5.69 Å². The molecule has 2 rings (SSSR count). The van der Waals surface area contributed by atoms with Gasteiger partial charge in [-0.25, -0.2) is 0 Å². The molecule has 0 bridgehead atoms. The van der Waals surface area contributed by atoms with Gasteiger partial charge in [0.05, 0.1) is 10.7 Å². The molecule has 0 radical (unpaired) electrons. The molecule has 88 valence electrons. The van der Waals surface area contributed by atoms with Gasteiger partial charge in [-0.2, -0.15) is 0 Å². The zero-order chi connectivity index (χ0) is 12.6. The summed E-state index contributed by atoms with van der Waals surface area (Å²) in [6.07, 6.45) is 0. The average Bonchev–Trinajstić information content (AvgIpc) is 2.58. The van der Waals surface area contributed by atoms with Crippen LogP contribution < -0.4 is 4.90 Å². The summed E-state index contributed by atoms with van der Waals surface area (Å²) in [6, 6.07) is 4.52. The third kappa shape index (κ3) is 2.01. The average molecular weight is 251 g/mol. The summed E-state index contributed by atoms with van der Waals surface area (Å²) in [4.78, 5) is 23.1. The lowest BCUT2D eigenvalue weighted by atomic mass is 10.2. The minimum atomic E-state index is -0.543. The number of nitro benzene ring substituents is 1. The number of hydrogen-bond donors (Lipinski definition) is 1. The number of nitrogens with zero attached hydrogens (tertiary/aromatic N) is 2. The van der Waals surface area contributed by atoms with E-state index in [9.17, 15) is 14.9 Å².